The fourth-order valence-corrected chi connectivity index (χ4v) is 12.8. The molecule has 0 aromatic rings. The van der Waals surface area contributed by atoms with E-state index in [-0.39, 0.29) is 18.9 Å². The molecule has 2 aliphatic heterocycles. The highest BCUT2D eigenvalue weighted by atomic mass is 16.7. The number of ether oxygens (including phenoxy) is 4. The van der Waals surface area contributed by atoms with Crippen LogP contribution in [0.5, 0.6) is 0 Å². The van der Waals surface area contributed by atoms with Crippen LogP contribution in [0.25, 0.3) is 0 Å². The third kappa shape index (κ3) is 48.0. The van der Waals surface area contributed by atoms with Crippen molar-refractivity contribution in [1.29, 1.82) is 0 Å². The number of hydrogen-bond donors (Lipinski definition) is 9. The van der Waals surface area contributed by atoms with E-state index in [1.165, 1.54) is 250 Å². The van der Waals surface area contributed by atoms with Crippen LogP contribution < -0.4 is 5.32 Å². The van der Waals surface area contributed by atoms with Gasteiger partial charge >= 0.3 is 0 Å². The van der Waals surface area contributed by atoms with Crippen molar-refractivity contribution >= 4 is 5.91 Å². The van der Waals surface area contributed by atoms with Gasteiger partial charge in [-0.1, -0.05) is 324 Å². The summed E-state index contributed by atoms with van der Waals surface area (Å²) in [5.74, 6) is -0.252. The van der Waals surface area contributed by atoms with Crippen LogP contribution in [0.2, 0.25) is 0 Å². The quantitative estimate of drug-likeness (QED) is 0.0204. The first-order valence-electron chi connectivity index (χ1n) is 39.7. The van der Waals surface area contributed by atoms with E-state index in [9.17, 15) is 45.6 Å². The van der Waals surface area contributed by atoms with Crippen molar-refractivity contribution < 1.29 is 64.6 Å². The smallest absolute Gasteiger partial charge is 0.220 e. The maximum Gasteiger partial charge on any atom is 0.220 e. The fraction of sp³-hybridized carbons (Fsp3) is 0.840. The van der Waals surface area contributed by atoms with Gasteiger partial charge in [-0.15, -0.1) is 0 Å². The average molecular weight is 1340 g/mol. The summed E-state index contributed by atoms with van der Waals surface area (Å²) in [5, 5.41) is 87.6. The van der Waals surface area contributed by atoms with E-state index in [1.807, 2.05) is 6.08 Å². The molecule has 95 heavy (non-hydrogen) atoms. The molecule has 2 rings (SSSR count). The highest BCUT2D eigenvalue weighted by Gasteiger charge is 2.51. The second kappa shape index (κ2) is 64.8. The topological polar surface area (TPSA) is 228 Å². The molecule has 2 fully saturated rings. The molecular formula is C81H147NO13. The maximum atomic E-state index is 13.4. The van der Waals surface area contributed by atoms with E-state index >= 15 is 0 Å². The number of carbonyl (C=O) groups excluding carboxylic acids is 1. The van der Waals surface area contributed by atoms with Crippen LogP contribution in [0.3, 0.4) is 0 Å². The van der Waals surface area contributed by atoms with E-state index in [2.05, 4.69) is 79.9 Å². The van der Waals surface area contributed by atoms with E-state index in [4.69, 9.17) is 18.9 Å². The van der Waals surface area contributed by atoms with E-state index < -0.39 is 86.8 Å². The molecule has 12 atom stereocenters. The van der Waals surface area contributed by atoms with Gasteiger partial charge in [0.25, 0.3) is 0 Å². The van der Waals surface area contributed by atoms with Crippen LogP contribution in [0.1, 0.15) is 341 Å². The molecule has 0 aromatic carbocycles. The third-order valence-electron chi connectivity index (χ3n) is 19.1. The summed E-state index contributed by atoms with van der Waals surface area (Å²) >= 11 is 0. The molecule has 0 aromatic heterocycles. The minimum absolute atomic E-state index is 0.252. The maximum absolute atomic E-state index is 13.4. The number of hydrogen-bond acceptors (Lipinski definition) is 13. The number of aliphatic hydroxyl groups excluding tert-OH is 8. The zero-order valence-electron chi connectivity index (χ0n) is 60.7. The van der Waals surface area contributed by atoms with Crippen LogP contribution in [-0.2, 0) is 23.7 Å². The molecule has 0 saturated carbocycles. The predicted molar refractivity (Wildman–Crippen MR) is 392 cm³/mol. The van der Waals surface area contributed by atoms with Gasteiger partial charge in [0.2, 0.25) is 5.91 Å². The highest BCUT2D eigenvalue weighted by molar-refractivity contribution is 5.76. The van der Waals surface area contributed by atoms with Crippen LogP contribution in [0.4, 0.5) is 0 Å². The molecule has 2 aliphatic rings. The van der Waals surface area contributed by atoms with Gasteiger partial charge in [0.15, 0.2) is 12.6 Å². The van der Waals surface area contributed by atoms with E-state index in [1.54, 1.807) is 6.08 Å². The van der Waals surface area contributed by atoms with Gasteiger partial charge in [-0.05, 0) is 83.5 Å². The van der Waals surface area contributed by atoms with Gasteiger partial charge in [-0.3, -0.25) is 4.79 Å². The number of rotatable bonds is 66. The van der Waals surface area contributed by atoms with Gasteiger partial charge in [-0.25, -0.2) is 0 Å². The van der Waals surface area contributed by atoms with Gasteiger partial charge in [0.05, 0.1) is 32.0 Å². The van der Waals surface area contributed by atoms with Gasteiger partial charge in [0, 0.05) is 6.42 Å². The summed E-state index contributed by atoms with van der Waals surface area (Å²) in [6.45, 7) is 2.81. The van der Waals surface area contributed by atoms with Crippen LogP contribution in [-0.4, -0.2) is 140 Å². The predicted octanol–water partition coefficient (Wildman–Crippen LogP) is 17.7. The molecule has 2 heterocycles. The Bertz CT molecular complexity index is 1870. The monoisotopic (exact) mass is 1340 g/mol. The second-order valence-electron chi connectivity index (χ2n) is 27.8. The number of unbranched alkanes of at least 4 members (excludes halogenated alkanes) is 43. The molecule has 12 unspecified atom stereocenters. The van der Waals surface area contributed by atoms with Crippen molar-refractivity contribution in [2.24, 2.45) is 0 Å². The van der Waals surface area contributed by atoms with Gasteiger partial charge in [0.1, 0.15) is 48.8 Å². The summed E-state index contributed by atoms with van der Waals surface area (Å²) < 4.78 is 22.9. The Morgan fingerprint density at radius 3 is 1.11 bits per heavy atom. The summed E-state index contributed by atoms with van der Waals surface area (Å²) in [7, 11) is 0. The lowest BCUT2D eigenvalue weighted by molar-refractivity contribution is -0.359. The first-order valence-corrected chi connectivity index (χ1v) is 39.7. The second-order valence-corrected chi connectivity index (χ2v) is 27.8. The van der Waals surface area contributed by atoms with Crippen molar-refractivity contribution in [1.82, 2.24) is 5.32 Å². The molecule has 2 saturated heterocycles. The molecule has 14 nitrogen and oxygen atoms in total. The number of nitrogens with one attached hydrogen (secondary N) is 1. The summed E-state index contributed by atoms with van der Waals surface area (Å²) in [5.41, 5.74) is 0. The molecule has 0 spiro atoms. The van der Waals surface area contributed by atoms with Crippen molar-refractivity contribution in [2.75, 3.05) is 19.8 Å². The standard InChI is InChI=1S/C81H147NO13/c1-3-5-7-9-11-13-15-17-19-21-23-25-27-29-31-33-34-35-37-38-40-42-44-46-48-50-52-54-56-58-60-62-64-70(85)69(68-92-80-78(91)76(89)79(72(67-84)94-80)95-81-77(90)75(88)74(87)71(66-83)93-81)82-73(86)65-63-61-59-57-55-53-51-49-47-45-43-41-39-36-32-30-28-26-24-22-20-18-16-14-12-10-8-6-4-2/h16,18,22,24,28,30,46,48,54,56,62,64,69-72,74-81,83-85,87-91H,3-15,17,19-21,23,25-27,29,31-45,47,49-53,55,57-61,63,65-68H2,1-2H3,(H,82,86)/b18-16-,24-22-,30-28-,48-46+,56-54+,64-62+. The van der Waals surface area contributed by atoms with Gasteiger partial charge in [-0.2, -0.15) is 0 Å². The first kappa shape index (κ1) is 88.5. The third-order valence-corrected chi connectivity index (χ3v) is 19.1. The number of allylic oxidation sites excluding steroid dienone is 11. The molecule has 0 bridgehead atoms. The van der Waals surface area contributed by atoms with Crippen molar-refractivity contribution in [3.8, 4) is 0 Å². The average Bonchev–Trinajstić information content (AvgIpc) is 0.801. The normalized spacial score (nSPS) is 22.7. The van der Waals surface area contributed by atoms with E-state index in [0.29, 0.717) is 12.8 Å². The fourth-order valence-electron chi connectivity index (χ4n) is 12.8. The van der Waals surface area contributed by atoms with E-state index in [0.717, 1.165) is 57.8 Å². The Hall–Kier alpha value is -2.57. The molecule has 554 valence electrons. The Morgan fingerprint density at radius 2 is 0.705 bits per heavy atom. The SMILES string of the molecule is CCCCCCC/C=C\C/C=C\C/C=C\CCCCCCCCCCCCCCCCC(=O)NC(COC1OC(CO)C(OC2OC(CO)C(O)C(O)C2O)C(O)C1O)C(O)/C=C/CC/C=C/CC/C=C/CCCCCCCCCCCCCCCCCCCCCCCC. The number of amides is 1. The summed E-state index contributed by atoms with van der Waals surface area (Å²) in [6.07, 6.45) is 72.7. The molecule has 14 heteroatoms. The first-order chi connectivity index (χ1) is 46.6. The number of carbonyl (C=O) groups is 1. The lowest BCUT2D eigenvalue weighted by Gasteiger charge is -2.46. The minimum atomic E-state index is -1.80. The molecule has 0 aliphatic carbocycles. The molecule has 0 radical (unpaired) electrons. The van der Waals surface area contributed by atoms with Crippen molar-refractivity contribution in [3.63, 3.8) is 0 Å². The van der Waals surface area contributed by atoms with Crippen LogP contribution in [0.15, 0.2) is 72.9 Å². The molecule has 9 N–H and O–H groups in total. The summed E-state index contributed by atoms with van der Waals surface area (Å²) in [6, 6.07) is -0.944. The Balaban J connectivity index is 1.65. The minimum Gasteiger partial charge on any atom is -0.394 e. The highest BCUT2D eigenvalue weighted by Crippen LogP contribution is 2.30. The zero-order valence-corrected chi connectivity index (χ0v) is 60.7. The molecule has 1 amide bonds. The van der Waals surface area contributed by atoms with Crippen LogP contribution in [0, 0.1) is 0 Å². The van der Waals surface area contributed by atoms with Crippen molar-refractivity contribution in [3.05, 3.63) is 72.9 Å². The lowest BCUT2D eigenvalue weighted by atomic mass is 9.97. The lowest BCUT2D eigenvalue weighted by Crippen LogP contribution is -2.65. The number of aliphatic hydroxyl groups is 8. The molecular weight excluding hydrogens is 1190 g/mol. The van der Waals surface area contributed by atoms with Crippen LogP contribution >= 0.6 is 0 Å². The van der Waals surface area contributed by atoms with Gasteiger partial charge < -0.3 is 65.1 Å². The Labute approximate surface area is 580 Å². The van der Waals surface area contributed by atoms with Crippen molar-refractivity contribution in [2.45, 2.75) is 415 Å². The largest absolute Gasteiger partial charge is 0.394 e. The zero-order chi connectivity index (χ0) is 68.7. The Morgan fingerprint density at radius 1 is 0.379 bits per heavy atom. The summed E-state index contributed by atoms with van der Waals surface area (Å²) in [4.78, 5) is 13.4. The Kier molecular flexibility index (Phi) is 60.4.